The third-order valence-corrected chi connectivity index (χ3v) is 2.98. The van der Waals surface area contributed by atoms with Gasteiger partial charge in [0.25, 0.3) is 0 Å². The van der Waals surface area contributed by atoms with Crippen LogP contribution in [0.3, 0.4) is 0 Å². The Hall–Kier alpha value is -2.90. The Labute approximate surface area is 122 Å². The second kappa shape index (κ2) is 5.14. The molecular weight excluding hydrogens is 297 g/mol. The zero-order valence-electron chi connectivity index (χ0n) is 11.0. The predicted octanol–water partition coefficient (Wildman–Crippen LogP) is 3.30. The number of halogens is 3. The lowest BCUT2D eigenvalue weighted by Gasteiger charge is -2.07. The number of aromatic nitrogens is 3. The van der Waals surface area contributed by atoms with Gasteiger partial charge in [-0.3, -0.25) is 4.79 Å². The van der Waals surface area contributed by atoms with E-state index in [1.807, 2.05) is 0 Å². The van der Waals surface area contributed by atoms with Crippen LogP contribution in [0.15, 0.2) is 42.5 Å². The second-order valence-electron chi connectivity index (χ2n) is 4.47. The molecule has 0 aliphatic carbocycles. The molecule has 1 aromatic carbocycles. The van der Waals surface area contributed by atoms with Gasteiger partial charge in [0.1, 0.15) is 5.69 Å². The van der Waals surface area contributed by atoms with Gasteiger partial charge in [-0.25, -0.2) is 4.52 Å². The number of aldehydes is 1. The van der Waals surface area contributed by atoms with Crippen LogP contribution in [0.2, 0.25) is 0 Å². The van der Waals surface area contributed by atoms with Gasteiger partial charge in [-0.2, -0.15) is 18.2 Å². The summed E-state index contributed by atoms with van der Waals surface area (Å²) < 4.78 is 38.8. The maximum atomic E-state index is 12.5. The molecule has 0 saturated heterocycles. The average Bonchev–Trinajstić information content (AvgIpc) is 2.89. The molecule has 5 nitrogen and oxygen atoms in total. The molecule has 8 heteroatoms. The Bertz CT molecular complexity index is 824. The molecule has 0 atom stereocenters. The summed E-state index contributed by atoms with van der Waals surface area (Å²) in [4.78, 5) is 15.1. The van der Waals surface area contributed by atoms with Crippen molar-refractivity contribution >= 4 is 23.6 Å². The minimum atomic E-state index is -4.38. The van der Waals surface area contributed by atoms with Crippen molar-refractivity contribution in [1.82, 2.24) is 14.6 Å². The molecule has 0 aliphatic heterocycles. The Morgan fingerprint density at radius 1 is 1.09 bits per heavy atom. The molecule has 0 radical (unpaired) electrons. The Kier molecular flexibility index (Phi) is 3.28. The normalized spacial score (nSPS) is 11.6. The van der Waals surface area contributed by atoms with Crippen molar-refractivity contribution in [3.8, 4) is 0 Å². The lowest BCUT2D eigenvalue weighted by Crippen LogP contribution is -2.04. The first kappa shape index (κ1) is 14.1. The van der Waals surface area contributed by atoms with E-state index in [1.165, 1.54) is 16.6 Å². The predicted molar refractivity (Wildman–Crippen MR) is 73.1 cm³/mol. The number of anilines is 2. The maximum absolute atomic E-state index is 12.5. The van der Waals surface area contributed by atoms with E-state index in [-0.39, 0.29) is 5.95 Å². The average molecular weight is 306 g/mol. The van der Waals surface area contributed by atoms with Crippen LogP contribution in [0.25, 0.3) is 5.65 Å². The summed E-state index contributed by atoms with van der Waals surface area (Å²) in [6.45, 7) is 0. The third kappa shape index (κ3) is 2.62. The van der Waals surface area contributed by atoms with Crippen molar-refractivity contribution < 1.29 is 18.0 Å². The molecule has 0 unspecified atom stereocenters. The highest BCUT2D eigenvalue weighted by atomic mass is 19.4. The van der Waals surface area contributed by atoms with Gasteiger partial charge in [0, 0.05) is 5.69 Å². The minimum absolute atomic E-state index is 0.189. The van der Waals surface area contributed by atoms with Crippen LogP contribution in [-0.4, -0.2) is 20.9 Å². The number of benzene rings is 1. The lowest BCUT2D eigenvalue weighted by atomic mass is 10.2. The molecule has 3 aromatic rings. The van der Waals surface area contributed by atoms with E-state index in [4.69, 9.17) is 0 Å². The Balaban J connectivity index is 1.88. The first-order valence-corrected chi connectivity index (χ1v) is 6.22. The SMILES string of the molecule is O=Cc1cccc2nc(Nc3ccc(C(F)(F)F)cc3)nn12. The summed E-state index contributed by atoms with van der Waals surface area (Å²) in [6.07, 6.45) is -3.73. The van der Waals surface area contributed by atoms with E-state index in [0.717, 1.165) is 12.1 Å². The fraction of sp³-hybridized carbons (Fsp3) is 0.0714. The van der Waals surface area contributed by atoms with Crippen molar-refractivity contribution in [2.45, 2.75) is 6.18 Å². The summed E-state index contributed by atoms with van der Waals surface area (Å²) in [5, 5.41) is 6.89. The number of carbonyl (C=O) groups is 1. The highest BCUT2D eigenvalue weighted by Crippen LogP contribution is 2.30. The second-order valence-corrected chi connectivity index (χ2v) is 4.47. The number of rotatable bonds is 3. The topological polar surface area (TPSA) is 59.3 Å². The first-order chi connectivity index (χ1) is 10.5. The fourth-order valence-corrected chi connectivity index (χ4v) is 1.94. The smallest absolute Gasteiger partial charge is 0.323 e. The number of nitrogens with one attached hydrogen (secondary N) is 1. The molecule has 0 spiro atoms. The van der Waals surface area contributed by atoms with Gasteiger partial charge < -0.3 is 5.32 Å². The number of hydrogen-bond acceptors (Lipinski definition) is 4. The molecule has 0 amide bonds. The highest BCUT2D eigenvalue weighted by molar-refractivity contribution is 5.73. The highest BCUT2D eigenvalue weighted by Gasteiger charge is 2.29. The Morgan fingerprint density at radius 2 is 1.82 bits per heavy atom. The number of alkyl halides is 3. The standard InChI is InChI=1S/C14H9F3N4O/c15-14(16,17)9-4-6-10(7-5-9)18-13-19-12-3-1-2-11(8-22)21(12)20-13/h1-8H,(H,18,20). The number of nitrogens with zero attached hydrogens (tertiary/aromatic N) is 3. The molecule has 112 valence electrons. The molecule has 2 aromatic heterocycles. The van der Waals surface area contributed by atoms with Crippen LogP contribution in [0.1, 0.15) is 16.1 Å². The van der Waals surface area contributed by atoms with Crippen molar-refractivity contribution in [3.63, 3.8) is 0 Å². The van der Waals surface area contributed by atoms with Crippen LogP contribution in [0, 0.1) is 0 Å². The maximum Gasteiger partial charge on any atom is 0.416 e. The van der Waals surface area contributed by atoms with Crippen LogP contribution in [0.4, 0.5) is 24.8 Å². The third-order valence-electron chi connectivity index (χ3n) is 2.98. The van der Waals surface area contributed by atoms with Crippen LogP contribution < -0.4 is 5.32 Å². The van der Waals surface area contributed by atoms with E-state index in [1.54, 1.807) is 18.2 Å². The molecule has 0 bridgehead atoms. The summed E-state index contributed by atoms with van der Waals surface area (Å²) in [5.41, 5.74) is 0.463. The van der Waals surface area contributed by atoms with Crippen molar-refractivity contribution in [2.24, 2.45) is 0 Å². The van der Waals surface area contributed by atoms with Crippen LogP contribution >= 0.6 is 0 Å². The lowest BCUT2D eigenvalue weighted by molar-refractivity contribution is -0.137. The molecule has 2 heterocycles. The zero-order chi connectivity index (χ0) is 15.7. The van der Waals surface area contributed by atoms with E-state index in [0.29, 0.717) is 23.3 Å². The van der Waals surface area contributed by atoms with Gasteiger partial charge in [-0.05, 0) is 36.4 Å². The quantitative estimate of drug-likeness (QED) is 0.754. The summed E-state index contributed by atoms with van der Waals surface area (Å²) in [6, 6.07) is 9.42. The monoisotopic (exact) mass is 306 g/mol. The van der Waals surface area contributed by atoms with Gasteiger partial charge in [0.05, 0.1) is 5.56 Å². The van der Waals surface area contributed by atoms with Gasteiger partial charge in [-0.1, -0.05) is 6.07 Å². The summed E-state index contributed by atoms with van der Waals surface area (Å²) in [7, 11) is 0. The number of pyridine rings is 1. The molecule has 22 heavy (non-hydrogen) atoms. The molecule has 1 N–H and O–H groups in total. The van der Waals surface area contributed by atoms with Gasteiger partial charge in [0.15, 0.2) is 11.9 Å². The molecule has 0 saturated carbocycles. The Morgan fingerprint density at radius 3 is 2.45 bits per heavy atom. The van der Waals surface area contributed by atoms with Gasteiger partial charge >= 0.3 is 6.18 Å². The van der Waals surface area contributed by atoms with E-state index >= 15 is 0 Å². The summed E-state index contributed by atoms with van der Waals surface area (Å²) >= 11 is 0. The number of fused-ring (bicyclic) bond motifs is 1. The minimum Gasteiger partial charge on any atom is -0.323 e. The van der Waals surface area contributed by atoms with Gasteiger partial charge in [-0.15, -0.1) is 5.10 Å². The van der Waals surface area contributed by atoms with Crippen molar-refractivity contribution in [2.75, 3.05) is 5.32 Å². The van der Waals surface area contributed by atoms with E-state index in [2.05, 4.69) is 15.4 Å². The molecular formula is C14H9F3N4O. The molecule has 0 aliphatic rings. The summed E-state index contributed by atoms with van der Waals surface area (Å²) in [5.74, 6) is 0.189. The van der Waals surface area contributed by atoms with Gasteiger partial charge in [0.2, 0.25) is 5.95 Å². The zero-order valence-corrected chi connectivity index (χ0v) is 11.0. The van der Waals surface area contributed by atoms with Crippen LogP contribution in [0.5, 0.6) is 0 Å². The molecule has 0 fully saturated rings. The van der Waals surface area contributed by atoms with Crippen LogP contribution in [-0.2, 0) is 6.18 Å². The number of hydrogen-bond donors (Lipinski definition) is 1. The fourth-order valence-electron chi connectivity index (χ4n) is 1.94. The van der Waals surface area contributed by atoms with Crippen molar-refractivity contribution in [3.05, 3.63) is 53.7 Å². The van der Waals surface area contributed by atoms with E-state index in [9.17, 15) is 18.0 Å². The van der Waals surface area contributed by atoms with E-state index < -0.39 is 11.7 Å². The number of carbonyl (C=O) groups excluding carboxylic acids is 1. The largest absolute Gasteiger partial charge is 0.416 e. The van der Waals surface area contributed by atoms with Crippen molar-refractivity contribution in [1.29, 1.82) is 0 Å². The first-order valence-electron chi connectivity index (χ1n) is 6.22. The molecule has 3 rings (SSSR count).